The predicted octanol–water partition coefficient (Wildman–Crippen LogP) is 2.80. The summed E-state index contributed by atoms with van der Waals surface area (Å²) in [5, 5.41) is 5.43. The Labute approximate surface area is 164 Å². The SMILES string of the molecule is Cc1cccc(-n2c(=O)[nH]c3nc(NCCc4cccs4)ncc3c2=O)c1C. The van der Waals surface area contributed by atoms with E-state index in [0.29, 0.717) is 18.2 Å². The number of nitrogens with one attached hydrogen (secondary N) is 2. The summed E-state index contributed by atoms with van der Waals surface area (Å²) in [6, 6.07) is 9.60. The summed E-state index contributed by atoms with van der Waals surface area (Å²) in [5.74, 6) is 0.378. The zero-order valence-electron chi connectivity index (χ0n) is 15.5. The molecule has 0 aliphatic rings. The van der Waals surface area contributed by atoms with Crippen LogP contribution in [0.3, 0.4) is 0 Å². The quantitative estimate of drug-likeness (QED) is 0.544. The Hall–Kier alpha value is -3.26. The van der Waals surface area contributed by atoms with Crippen LogP contribution in [-0.2, 0) is 6.42 Å². The molecule has 7 nitrogen and oxygen atoms in total. The van der Waals surface area contributed by atoms with Gasteiger partial charge in [0.1, 0.15) is 5.39 Å². The van der Waals surface area contributed by atoms with Crippen molar-refractivity contribution >= 4 is 28.3 Å². The average molecular weight is 393 g/mol. The molecule has 8 heteroatoms. The molecule has 0 bridgehead atoms. The van der Waals surface area contributed by atoms with E-state index in [1.165, 1.54) is 11.1 Å². The lowest BCUT2D eigenvalue weighted by atomic mass is 10.1. The highest BCUT2D eigenvalue weighted by atomic mass is 32.1. The van der Waals surface area contributed by atoms with E-state index in [1.54, 1.807) is 17.4 Å². The number of aromatic nitrogens is 4. The summed E-state index contributed by atoms with van der Waals surface area (Å²) in [4.78, 5) is 38.1. The molecular formula is C20H19N5O2S. The topological polar surface area (TPSA) is 92.7 Å². The van der Waals surface area contributed by atoms with Gasteiger partial charge in [0, 0.05) is 17.6 Å². The summed E-state index contributed by atoms with van der Waals surface area (Å²) >= 11 is 1.69. The van der Waals surface area contributed by atoms with Crippen LogP contribution >= 0.6 is 11.3 Å². The van der Waals surface area contributed by atoms with Gasteiger partial charge in [-0.1, -0.05) is 18.2 Å². The van der Waals surface area contributed by atoms with Gasteiger partial charge < -0.3 is 5.32 Å². The molecule has 4 aromatic rings. The Morgan fingerprint density at radius 2 is 2.04 bits per heavy atom. The third-order valence-electron chi connectivity index (χ3n) is 4.70. The van der Waals surface area contributed by atoms with E-state index < -0.39 is 11.2 Å². The minimum absolute atomic E-state index is 0.227. The Morgan fingerprint density at radius 1 is 1.18 bits per heavy atom. The van der Waals surface area contributed by atoms with Crippen LogP contribution in [0.25, 0.3) is 16.7 Å². The van der Waals surface area contributed by atoms with Gasteiger partial charge in [-0.2, -0.15) is 4.98 Å². The van der Waals surface area contributed by atoms with Crippen molar-refractivity contribution in [3.05, 3.63) is 78.8 Å². The van der Waals surface area contributed by atoms with Crippen LogP contribution in [-0.4, -0.2) is 26.1 Å². The van der Waals surface area contributed by atoms with Crippen molar-refractivity contribution in [1.29, 1.82) is 0 Å². The van der Waals surface area contributed by atoms with Crippen LogP contribution in [0.5, 0.6) is 0 Å². The zero-order valence-corrected chi connectivity index (χ0v) is 16.3. The molecule has 0 atom stereocenters. The molecule has 4 rings (SSSR count). The smallest absolute Gasteiger partial charge is 0.334 e. The third-order valence-corrected chi connectivity index (χ3v) is 5.64. The first-order valence-electron chi connectivity index (χ1n) is 8.89. The molecule has 2 N–H and O–H groups in total. The maximum Gasteiger partial charge on any atom is 0.334 e. The molecule has 0 radical (unpaired) electrons. The first kappa shape index (κ1) is 18.1. The van der Waals surface area contributed by atoms with Crippen LogP contribution in [0.1, 0.15) is 16.0 Å². The second kappa shape index (κ2) is 7.40. The summed E-state index contributed by atoms with van der Waals surface area (Å²) < 4.78 is 1.14. The number of H-pyrrole nitrogens is 1. The van der Waals surface area contributed by atoms with Gasteiger partial charge in [0.2, 0.25) is 5.95 Å². The Balaban J connectivity index is 1.69. The largest absolute Gasteiger partial charge is 0.354 e. The highest BCUT2D eigenvalue weighted by Gasteiger charge is 2.14. The van der Waals surface area contributed by atoms with Crippen LogP contribution in [0.15, 0.2) is 51.5 Å². The lowest BCUT2D eigenvalue weighted by Gasteiger charge is -2.11. The van der Waals surface area contributed by atoms with Gasteiger partial charge in [-0.15, -0.1) is 11.3 Å². The van der Waals surface area contributed by atoms with Gasteiger partial charge in [0.25, 0.3) is 5.56 Å². The molecular weight excluding hydrogens is 374 g/mol. The van der Waals surface area contributed by atoms with Crippen molar-refractivity contribution in [2.24, 2.45) is 0 Å². The van der Waals surface area contributed by atoms with Crippen molar-refractivity contribution in [1.82, 2.24) is 19.5 Å². The van der Waals surface area contributed by atoms with Crippen molar-refractivity contribution in [3.63, 3.8) is 0 Å². The first-order chi connectivity index (χ1) is 13.5. The molecule has 28 heavy (non-hydrogen) atoms. The molecule has 0 spiro atoms. The lowest BCUT2D eigenvalue weighted by Crippen LogP contribution is -2.34. The molecule has 0 saturated heterocycles. The molecule has 0 unspecified atom stereocenters. The lowest BCUT2D eigenvalue weighted by molar-refractivity contribution is 0.882. The fourth-order valence-corrected chi connectivity index (χ4v) is 3.75. The van der Waals surface area contributed by atoms with Crippen molar-refractivity contribution in [2.75, 3.05) is 11.9 Å². The Kier molecular flexibility index (Phi) is 4.79. The monoisotopic (exact) mass is 393 g/mol. The van der Waals surface area contributed by atoms with Gasteiger partial charge >= 0.3 is 5.69 Å². The van der Waals surface area contributed by atoms with Crippen LogP contribution in [0.2, 0.25) is 0 Å². The van der Waals surface area contributed by atoms with Gasteiger partial charge in [-0.3, -0.25) is 9.78 Å². The number of hydrogen-bond acceptors (Lipinski definition) is 6. The molecule has 0 saturated carbocycles. The fraction of sp³-hybridized carbons (Fsp3) is 0.200. The van der Waals surface area contributed by atoms with Gasteiger partial charge in [-0.25, -0.2) is 14.3 Å². The van der Waals surface area contributed by atoms with E-state index in [4.69, 9.17) is 0 Å². The summed E-state index contributed by atoms with van der Waals surface area (Å²) in [6.45, 7) is 4.49. The van der Waals surface area contributed by atoms with Crippen molar-refractivity contribution < 1.29 is 0 Å². The number of anilines is 1. The van der Waals surface area contributed by atoms with Crippen molar-refractivity contribution in [2.45, 2.75) is 20.3 Å². The fourth-order valence-electron chi connectivity index (χ4n) is 3.04. The Bertz CT molecular complexity index is 1260. The second-order valence-corrected chi connectivity index (χ2v) is 7.53. The first-order valence-corrected chi connectivity index (χ1v) is 9.77. The summed E-state index contributed by atoms with van der Waals surface area (Å²) in [6.07, 6.45) is 2.31. The number of aryl methyl sites for hydroxylation is 1. The van der Waals surface area contributed by atoms with E-state index >= 15 is 0 Å². The number of hydrogen-bond donors (Lipinski definition) is 2. The zero-order chi connectivity index (χ0) is 19.7. The highest BCUT2D eigenvalue weighted by molar-refractivity contribution is 7.09. The van der Waals surface area contributed by atoms with Gasteiger partial charge in [-0.05, 0) is 48.9 Å². The van der Waals surface area contributed by atoms with E-state index in [2.05, 4.69) is 26.3 Å². The van der Waals surface area contributed by atoms with Crippen LogP contribution in [0, 0.1) is 13.8 Å². The van der Waals surface area contributed by atoms with E-state index in [0.717, 1.165) is 22.1 Å². The normalized spacial score (nSPS) is 11.1. The standard InChI is InChI=1S/C20H19N5O2S/c1-12-5-3-7-16(13(12)2)25-18(26)15-11-22-19(23-17(15)24-20(25)27)21-9-8-14-6-4-10-28-14/h3-7,10-11H,8-9H2,1-2H3,(H2,21,22,23,24,27). The minimum Gasteiger partial charge on any atom is -0.354 e. The number of fused-ring (bicyclic) bond motifs is 1. The molecule has 0 aliphatic heterocycles. The predicted molar refractivity (Wildman–Crippen MR) is 112 cm³/mol. The summed E-state index contributed by atoms with van der Waals surface area (Å²) in [7, 11) is 0. The Morgan fingerprint density at radius 3 is 2.82 bits per heavy atom. The van der Waals surface area contributed by atoms with Gasteiger partial charge in [0.05, 0.1) is 5.69 Å². The summed E-state index contributed by atoms with van der Waals surface area (Å²) in [5.41, 5.74) is 1.72. The number of benzene rings is 1. The molecule has 0 fully saturated rings. The number of aromatic amines is 1. The highest BCUT2D eigenvalue weighted by Crippen LogP contribution is 2.15. The maximum atomic E-state index is 12.9. The number of nitrogens with zero attached hydrogens (tertiary/aromatic N) is 3. The molecule has 0 aliphatic carbocycles. The maximum absolute atomic E-state index is 12.9. The minimum atomic E-state index is -0.519. The van der Waals surface area contributed by atoms with Gasteiger partial charge in [0.15, 0.2) is 5.65 Å². The average Bonchev–Trinajstić information content (AvgIpc) is 3.18. The second-order valence-electron chi connectivity index (χ2n) is 6.50. The van der Waals surface area contributed by atoms with Crippen LogP contribution < -0.4 is 16.6 Å². The van der Waals surface area contributed by atoms with E-state index in [1.807, 2.05) is 37.4 Å². The number of rotatable bonds is 5. The molecule has 142 valence electrons. The van der Waals surface area contributed by atoms with Crippen molar-refractivity contribution in [3.8, 4) is 5.69 Å². The third kappa shape index (κ3) is 3.34. The van der Waals surface area contributed by atoms with E-state index in [9.17, 15) is 9.59 Å². The van der Waals surface area contributed by atoms with E-state index in [-0.39, 0.29) is 11.0 Å². The van der Waals surface area contributed by atoms with Crippen LogP contribution in [0.4, 0.5) is 5.95 Å². The molecule has 3 heterocycles. The molecule has 1 aromatic carbocycles. The molecule has 3 aromatic heterocycles. The molecule has 0 amide bonds. The number of thiophene rings is 1.